The van der Waals surface area contributed by atoms with Gasteiger partial charge in [0.25, 0.3) is 0 Å². The topological polar surface area (TPSA) is 62.9 Å². The second kappa shape index (κ2) is 9.09. The number of anilines is 1. The maximum Gasteiger partial charge on any atom is 0.166 e. The number of halogens is 2. The van der Waals surface area contributed by atoms with E-state index in [1.165, 1.54) is 12.1 Å². The van der Waals surface area contributed by atoms with E-state index in [9.17, 15) is 9.50 Å². The van der Waals surface area contributed by atoms with Gasteiger partial charge in [-0.05, 0) is 42.7 Å². The molecule has 1 aliphatic rings. The first-order chi connectivity index (χ1) is 16.1. The number of benzene rings is 2. The summed E-state index contributed by atoms with van der Waals surface area (Å²) in [5, 5.41) is 15.4. The van der Waals surface area contributed by atoms with Gasteiger partial charge in [-0.2, -0.15) is 5.10 Å². The third kappa shape index (κ3) is 4.08. The van der Waals surface area contributed by atoms with Crippen LogP contribution in [0.15, 0.2) is 54.6 Å². The summed E-state index contributed by atoms with van der Waals surface area (Å²) in [5.41, 5.74) is 4.53. The van der Waals surface area contributed by atoms with Gasteiger partial charge in [0.15, 0.2) is 5.65 Å². The molecule has 5 rings (SSSR count). The molecule has 1 saturated heterocycles. The van der Waals surface area contributed by atoms with Gasteiger partial charge in [-0.3, -0.25) is 0 Å². The van der Waals surface area contributed by atoms with E-state index in [1.54, 1.807) is 17.7 Å². The summed E-state index contributed by atoms with van der Waals surface area (Å²) in [5.74, 6) is 0.410. The second-order valence-corrected chi connectivity index (χ2v) is 8.62. The molecule has 0 spiro atoms. The van der Waals surface area contributed by atoms with Crippen LogP contribution in [-0.4, -0.2) is 46.0 Å². The Kier molecular flexibility index (Phi) is 6.01. The summed E-state index contributed by atoms with van der Waals surface area (Å²) in [6.07, 6.45) is 1.88. The molecule has 6 nitrogen and oxygen atoms in total. The number of aromatic nitrogens is 3. The van der Waals surface area contributed by atoms with Crippen LogP contribution in [0, 0.1) is 5.82 Å². The lowest BCUT2D eigenvalue weighted by Gasteiger charge is -2.25. The molecular weight excluding hydrogens is 443 g/mol. The highest BCUT2D eigenvalue weighted by molar-refractivity contribution is 6.30. The number of hydrogen-bond acceptors (Lipinski definition) is 5. The van der Waals surface area contributed by atoms with Gasteiger partial charge in [-0.15, -0.1) is 0 Å². The minimum absolute atomic E-state index is 0.000610. The summed E-state index contributed by atoms with van der Waals surface area (Å²) in [6, 6.07) is 15.9. The first kappa shape index (κ1) is 21.8. The van der Waals surface area contributed by atoms with E-state index in [0.29, 0.717) is 22.8 Å². The van der Waals surface area contributed by atoms with Crippen molar-refractivity contribution in [3.63, 3.8) is 0 Å². The van der Waals surface area contributed by atoms with Crippen LogP contribution in [0.25, 0.3) is 28.0 Å². The highest BCUT2D eigenvalue weighted by Crippen LogP contribution is 2.35. The van der Waals surface area contributed by atoms with E-state index < -0.39 is 0 Å². The fourth-order valence-corrected chi connectivity index (χ4v) is 4.65. The normalized spacial score (nSPS) is 16.1. The fourth-order valence-electron chi connectivity index (χ4n) is 4.53. The highest BCUT2D eigenvalue weighted by atomic mass is 35.5. The van der Waals surface area contributed by atoms with Crippen LogP contribution in [0.5, 0.6) is 0 Å². The van der Waals surface area contributed by atoms with Crippen LogP contribution in [-0.2, 0) is 11.3 Å². The standard InChI is InChI=1S/C25H24ClFN4O2/c1-33-15-21-24(16-7-9-18(26)10-8-16)25-28-23(30-11-3-6-20(30)14-32)13-22(31(25)29-21)17-4-2-5-19(27)12-17/h2,4-5,7-10,12-13,20,32H,3,6,11,14-15H2,1H3. The van der Waals surface area contributed by atoms with Crippen LogP contribution in [0.3, 0.4) is 0 Å². The molecule has 0 aliphatic carbocycles. The summed E-state index contributed by atoms with van der Waals surface area (Å²) in [7, 11) is 1.62. The molecule has 4 aromatic rings. The van der Waals surface area contributed by atoms with Gasteiger partial charge in [0.05, 0.1) is 36.2 Å². The summed E-state index contributed by atoms with van der Waals surface area (Å²) in [4.78, 5) is 7.12. The number of fused-ring (bicyclic) bond motifs is 1. The molecule has 0 bridgehead atoms. The number of nitrogens with zero attached hydrogens (tertiary/aromatic N) is 4. The molecule has 0 saturated carbocycles. The van der Waals surface area contributed by atoms with Gasteiger partial charge < -0.3 is 14.7 Å². The van der Waals surface area contributed by atoms with Crippen LogP contribution < -0.4 is 4.90 Å². The maximum absolute atomic E-state index is 14.2. The van der Waals surface area contributed by atoms with Gasteiger partial charge in [0.1, 0.15) is 11.6 Å². The van der Waals surface area contributed by atoms with Gasteiger partial charge >= 0.3 is 0 Å². The lowest BCUT2D eigenvalue weighted by molar-refractivity contribution is 0.181. The number of methoxy groups -OCH3 is 1. The van der Waals surface area contributed by atoms with Gasteiger partial charge in [-0.1, -0.05) is 35.9 Å². The Balaban J connectivity index is 1.81. The molecule has 3 heterocycles. The van der Waals surface area contributed by atoms with Crippen molar-refractivity contribution >= 4 is 23.1 Å². The van der Waals surface area contributed by atoms with Crippen molar-refractivity contribution in [3.8, 4) is 22.4 Å². The summed E-state index contributed by atoms with van der Waals surface area (Å²) < 4.78 is 21.3. The first-order valence-electron chi connectivity index (χ1n) is 10.9. The second-order valence-electron chi connectivity index (χ2n) is 8.18. The van der Waals surface area contributed by atoms with Crippen molar-refractivity contribution in [2.24, 2.45) is 0 Å². The molecule has 1 fully saturated rings. The van der Waals surface area contributed by atoms with E-state index in [1.807, 2.05) is 36.4 Å². The Labute approximate surface area is 196 Å². The third-order valence-electron chi connectivity index (χ3n) is 6.06. The van der Waals surface area contributed by atoms with Crippen LogP contribution in [0.2, 0.25) is 5.02 Å². The highest BCUT2D eigenvalue weighted by Gasteiger charge is 2.28. The van der Waals surface area contributed by atoms with E-state index in [-0.39, 0.29) is 18.5 Å². The predicted molar refractivity (Wildman–Crippen MR) is 127 cm³/mol. The molecule has 1 unspecified atom stereocenters. The average Bonchev–Trinajstić information content (AvgIpc) is 3.44. The molecule has 2 aromatic carbocycles. The molecule has 8 heteroatoms. The Morgan fingerprint density at radius 2 is 1.97 bits per heavy atom. The average molecular weight is 467 g/mol. The SMILES string of the molecule is COCc1nn2c(-c3cccc(F)c3)cc(N3CCCC3CO)nc2c1-c1ccc(Cl)cc1. The molecule has 33 heavy (non-hydrogen) atoms. The fraction of sp³-hybridized carbons (Fsp3) is 0.280. The van der Waals surface area contributed by atoms with E-state index in [0.717, 1.165) is 47.7 Å². The molecule has 1 N–H and O–H groups in total. The lowest BCUT2D eigenvalue weighted by atomic mass is 10.1. The van der Waals surface area contributed by atoms with Crippen molar-refractivity contribution < 1.29 is 14.2 Å². The van der Waals surface area contributed by atoms with Gasteiger partial charge in [0.2, 0.25) is 0 Å². The first-order valence-corrected chi connectivity index (χ1v) is 11.3. The third-order valence-corrected chi connectivity index (χ3v) is 6.32. The zero-order valence-electron chi connectivity index (χ0n) is 18.2. The van der Waals surface area contributed by atoms with E-state index in [4.69, 9.17) is 26.4 Å². The smallest absolute Gasteiger partial charge is 0.166 e. The molecule has 170 valence electrons. The van der Waals surface area contributed by atoms with Crippen LogP contribution in [0.1, 0.15) is 18.5 Å². The van der Waals surface area contributed by atoms with Crippen molar-refractivity contribution in [1.29, 1.82) is 0 Å². The molecule has 2 aromatic heterocycles. The van der Waals surface area contributed by atoms with Crippen LogP contribution in [0.4, 0.5) is 10.2 Å². The number of rotatable bonds is 6. The van der Waals surface area contributed by atoms with Crippen molar-refractivity contribution in [1.82, 2.24) is 14.6 Å². The number of aliphatic hydroxyl groups excluding tert-OH is 1. The van der Waals surface area contributed by atoms with Crippen molar-refractivity contribution in [2.75, 3.05) is 25.2 Å². The lowest BCUT2D eigenvalue weighted by Crippen LogP contribution is -2.32. The summed E-state index contributed by atoms with van der Waals surface area (Å²) in [6.45, 7) is 1.15. The Morgan fingerprint density at radius 1 is 1.15 bits per heavy atom. The number of ether oxygens (including phenoxy) is 1. The minimum Gasteiger partial charge on any atom is -0.394 e. The van der Waals surface area contributed by atoms with Crippen LogP contribution >= 0.6 is 11.6 Å². The molecule has 1 aliphatic heterocycles. The summed E-state index contributed by atoms with van der Waals surface area (Å²) >= 11 is 6.13. The Morgan fingerprint density at radius 3 is 2.70 bits per heavy atom. The van der Waals surface area contributed by atoms with Crippen molar-refractivity contribution in [2.45, 2.75) is 25.5 Å². The van der Waals surface area contributed by atoms with E-state index >= 15 is 0 Å². The molecule has 0 radical (unpaired) electrons. The Bertz CT molecular complexity index is 1290. The largest absolute Gasteiger partial charge is 0.394 e. The predicted octanol–water partition coefficient (Wildman–Crippen LogP) is 4.96. The van der Waals surface area contributed by atoms with E-state index in [2.05, 4.69) is 4.90 Å². The van der Waals surface area contributed by atoms with Crippen molar-refractivity contribution in [3.05, 3.63) is 71.1 Å². The zero-order chi connectivity index (χ0) is 22.9. The molecular formula is C25H24ClFN4O2. The number of hydrogen-bond donors (Lipinski definition) is 1. The molecule has 0 amide bonds. The number of aliphatic hydroxyl groups is 1. The Hall–Kier alpha value is -3.00. The molecule has 1 atom stereocenters. The monoisotopic (exact) mass is 466 g/mol. The van der Waals surface area contributed by atoms with Gasteiger partial charge in [-0.25, -0.2) is 13.9 Å². The zero-order valence-corrected chi connectivity index (χ0v) is 19.0. The van der Waals surface area contributed by atoms with Gasteiger partial charge in [0, 0.05) is 30.3 Å². The maximum atomic E-state index is 14.2. The minimum atomic E-state index is -0.324. The quantitative estimate of drug-likeness (QED) is 0.435.